The Hall–Kier alpha value is -3.29. The zero-order chi connectivity index (χ0) is 20.2. The van der Waals surface area contributed by atoms with E-state index < -0.39 is 0 Å². The average Bonchev–Trinajstić information content (AvgIpc) is 3.14. The normalized spacial score (nSPS) is 10.8. The highest BCUT2D eigenvalue weighted by molar-refractivity contribution is 7.17. The van der Waals surface area contributed by atoms with Crippen molar-refractivity contribution in [2.24, 2.45) is 0 Å². The van der Waals surface area contributed by atoms with E-state index in [1.165, 1.54) is 6.92 Å². The van der Waals surface area contributed by atoms with Crippen LogP contribution in [0.15, 0.2) is 60.0 Å². The summed E-state index contributed by atoms with van der Waals surface area (Å²) in [5.41, 5.74) is 3.82. The van der Waals surface area contributed by atoms with E-state index in [9.17, 15) is 4.79 Å². The first-order chi connectivity index (χ1) is 14.1. The van der Waals surface area contributed by atoms with Gasteiger partial charge in [0, 0.05) is 36.4 Å². The first-order valence-electron chi connectivity index (χ1n) is 9.11. The number of fused-ring (bicyclic) bond motifs is 1. The van der Waals surface area contributed by atoms with Crippen molar-refractivity contribution >= 4 is 44.7 Å². The van der Waals surface area contributed by atoms with Crippen LogP contribution >= 0.6 is 11.3 Å². The monoisotopic (exact) mass is 404 g/mol. The molecule has 0 aliphatic rings. The largest absolute Gasteiger partial charge is 0.377 e. The van der Waals surface area contributed by atoms with E-state index in [2.05, 4.69) is 33.1 Å². The summed E-state index contributed by atoms with van der Waals surface area (Å²) in [6.07, 6.45) is 0. The molecule has 6 nitrogen and oxygen atoms in total. The molecule has 0 bridgehead atoms. The summed E-state index contributed by atoms with van der Waals surface area (Å²) in [6, 6.07) is 17.7. The molecular formula is C22H20N4O2S. The minimum absolute atomic E-state index is 0.0989. The van der Waals surface area contributed by atoms with E-state index in [4.69, 9.17) is 9.72 Å². The fourth-order valence-corrected chi connectivity index (χ4v) is 4.04. The number of hydrogen-bond acceptors (Lipinski definition) is 6. The topological polar surface area (TPSA) is 76.1 Å². The molecule has 29 heavy (non-hydrogen) atoms. The van der Waals surface area contributed by atoms with Crippen molar-refractivity contribution < 1.29 is 9.53 Å². The zero-order valence-electron chi connectivity index (χ0n) is 16.1. The third-order valence-corrected chi connectivity index (χ3v) is 5.18. The summed E-state index contributed by atoms with van der Waals surface area (Å²) in [7, 11) is 1.63. The molecule has 7 heteroatoms. The van der Waals surface area contributed by atoms with Crippen molar-refractivity contribution in [1.82, 2.24) is 9.97 Å². The molecule has 2 aromatic heterocycles. The number of aromatic nitrogens is 2. The Balaban J connectivity index is 1.76. The number of anilines is 3. The van der Waals surface area contributed by atoms with E-state index in [-0.39, 0.29) is 5.91 Å². The lowest BCUT2D eigenvalue weighted by atomic mass is 10.1. The Labute approximate surface area is 172 Å². The molecule has 0 aliphatic heterocycles. The van der Waals surface area contributed by atoms with Gasteiger partial charge in [-0.25, -0.2) is 9.97 Å². The van der Waals surface area contributed by atoms with Crippen LogP contribution in [0.4, 0.5) is 17.2 Å². The van der Waals surface area contributed by atoms with Crippen LogP contribution in [-0.2, 0) is 16.1 Å². The highest BCUT2D eigenvalue weighted by atomic mass is 32.1. The van der Waals surface area contributed by atoms with Gasteiger partial charge in [-0.05, 0) is 29.8 Å². The smallest absolute Gasteiger partial charge is 0.221 e. The molecule has 0 saturated carbocycles. The predicted molar refractivity (Wildman–Crippen MR) is 118 cm³/mol. The summed E-state index contributed by atoms with van der Waals surface area (Å²) < 4.78 is 5.24. The number of hydrogen-bond donors (Lipinski definition) is 2. The molecule has 0 radical (unpaired) electrons. The number of methoxy groups -OCH3 is 1. The van der Waals surface area contributed by atoms with Crippen molar-refractivity contribution in [3.63, 3.8) is 0 Å². The fourth-order valence-electron chi connectivity index (χ4n) is 3.08. The van der Waals surface area contributed by atoms with Crippen LogP contribution in [0.25, 0.3) is 21.3 Å². The van der Waals surface area contributed by atoms with Crippen LogP contribution in [0.3, 0.4) is 0 Å². The van der Waals surface area contributed by atoms with Crippen LogP contribution in [0.2, 0.25) is 0 Å². The molecule has 0 spiro atoms. The highest BCUT2D eigenvalue weighted by Gasteiger charge is 2.15. The van der Waals surface area contributed by atoms with E-state index in [0.29, 0.717) is 12.4 Å². The van der Waals surface area contributed by atoms with Gasteiger partial charge in [-0.2, -0.15) is 0 Å². The number of benzene rings is 2. The number of ether oxygens (including phenoxy) is 1. The maximum atomic E-state index is 11.2. The Kier molecular flexibility index (Phi) is 5.50. The van der Waals surface area contributed by atoms with Crippen LogP contribution in [0.5, 0.6) is 0 Å². The van der Waals surface area contributed by atoms with E-state index in [0.717, 1.165) is 38.5 Å². The second-order valence-corrected chi connectivity index (χ2v) is 7.36. The van der Waals surface area contributed by atoms with Crippen LogP contribution in [-0.4, -0.2) is 23.0 Å². The van der Waals surface area contributed by atoms with Crippen molar-refractivity contribution in [2.45, 2.75) is 13.5 Å². The van der Waals surface area contributed by atoms with E-state index in [1.54, 1.807) is 18.4 Å². The Morgan fingerprint density at radius 2 is 1.76 bits per heavy atom. The molecular weight excluding hydrogens is 384 g/mol. The maximum absolute atomic E-state index is 11.2. The molecule has 0 aliphatic carbocycles. The summed E-state index contributed by atoms with van der Waals surface area (Å²) in [5.74, 6) is 1.26. The number of rotatable bonds is 6. The molecule has 146 valence electrons. The second kappa shape index (κ2) is 8.38. The Morgan fingerprint density at radius 3 is 2.45 bits per heavy atom. The van der Waals surface area contributed by atoms with Crippen LogP contribution < -0.4 is 10.6 Å². The van der Waals surface area contributed by atoms with Crippen molar-refractivity contribution in [1.29, 1.82) is 0 Å². The van der Waals surface area contributed by atoms with E-state index >= 15 is 0 Å². The first-order valence-corrected chi connectivity index (χ1v) is 9.99. The lowest BCUT2D eigenvalue weighted by Gasteiger charge is -2.11. The number of thiophene rings is 1. The average molecular weight is 404 g/mol. The van der Waals surface area contributed by atoms with Gasteiger partial charge in [-0.1, -0.05) is 30.3 Å². The first kappa shape index (κ1) is 19.0. The molecule has 2 heterocycles. The number of nitrogens with one attached hydrogen (secondary N) is 2. The number of carbonyl (C=O) groups excluding carboxylic acids is 1. The van der Waals surface area contributed by atoms with Gasteiger partial charge in [0.1, 0.15) is 17.3 Å². The number of amides is 1. The fraction of sp³-hybridized carbons (Fsp3) is 0.136. The van der Waals surface area contributed by atoms with Gasteiger partial charge in [-0.3, -0.25) is 4.79 Å². The Morgan fingerprint density at radius 1 is 1.03 bits per heavy atom. The molecule has 4 rings (SSSR count). The molecule has 0 fully saturated rings. The lowest BCUT2D eigenvalue weighted by Crippen LogP contribution is -2.05. The highest BCUT2D eigenvalue weighted by Crippen LogP contribution is 2.38. The Bertz CT molecular complexity index is 1140. The van der Waals surface area contributed by atoms with Gasteiger partial charge >= 0.3 is 0 Å². The van der Waals surface area contributed by atoms with E-state index in [1.807, 2.05) is 42.5 Å². The van der Waals surface area contributed by atoms with Gasteiger partial charge in [0.2, 0.25) is 5.91 Å². The van der Waals surface area contributed by atoms with Crippen LogP contribution in [0.1, 0.15) is 12.7 Å². The minimum Gasteiger partial charge on any atom is -0.377 e. The van der Waals surface area contributed by atoms with Gasteiger partial charge in [0.15, 0.2) is 5.82 Å². The van der Waals surface area contributed by atoms with Crippen molar-refractivity contribution in [3.8, 4) is 11.1 Å². The maximum Gasteiger partial charge on any atom is 0.221 e. The SMILES string of the molecule is COCc1nc(Nc2ccc(NC(C)=O)cc2)c2c(-c3ccccc3)csc2n1. The molecule has 2 aromatic carbocycles. The third-order valence-electron chi connectivity index (χ3n) is 4.31. The summed E-state index contributed by atoms with van der Waals surface area (Å²) in [4.78, 5) is 21.5. The number of carbonyl (C=O) groups is 1. The van der Waals surface area contributed by atoms with Crippen molar-refractivity contribution in [2.75, 3.05) is 17.7 Å². The lowest BCUT2D eigenvalue weighted by molar-refractivity contribution is -0.114. The summed E-state index contributed by atoms with van der Waals surface area (Å²) in [6.45, 7) is 1.83. The minimum atomic E-state index is -0.0989. The quantitative estimate of drug-likeness (QED) is 0.461. The van der Waals surface area contributed by atoms with Gasteiger partial charge < -0.3 is 15.4 Å². The standard InChI is InChI=1S/C22H20N4O2S/c1-14(27)23-16-8-10-17(11-9-16)24-21-20-18(15-6-4-3-5-7-15)13-29-22(20)26-19(25-21)12-28-2/h3-11,13H,12H2,1-2H3,(H,23,27)(H,24,25,26). The summed E-state index contributed by atoms with van der Waals surface area (Å²) >= 11 is 1.59. The molecule has 0 saturated heterocycles. The third kappa shape index (κ3) is 4.26. The molecule has 4 aromatic rings. The molecule has 2 N–H and O–H groups in total. The summed E-state index contributed by atoms with van der Waals surface area (Å²) in [5, 5.41) is 9.27. The molecule has 0 unspecified atom stereocenters. The molecule has 1 amide bonds. The van der Waals surface area contributed by atoms with Crippen LogP contribution in [0, 0.1) is 0 Å². The number of nitrogens with zero attached hydrogens (tertiary/aromatic N) is 2. The molecule has 0 atom stereocenters. The zero-order valence-corrected chi connectivity index (χ0v) is 16.9. The van der Waals surface area contributed by atoms with Gasteiger partial charge in [0.25, 0.3) is 0 Å². The van der Waals surface area contributed by atoms with Gasteiger partial charge in [0.05, 0.1) is 5.39 Å². The van der Waals surface area contributed by atoms with Crippen molar-refractivity contribution in [3.05, 3.63) is 65.8 Å². The van der Waals surface area contributed by atoms with Gasteiger partial charge in [-0.15, -0.1) is 11.3 Å². The second-order valence-electron chi connectivity index (χ2n) is 6.50. The predicted octanol–water partition coefficient (Wildman–Crippen LogP) is 5.21.